The summed E-state index contributed by atoms with van der Waals surface area (Å²) in [6.45, 7) is 7.77. The zero-order chi connectivity index (χ0) is 14.9. The van der Waals surface area contributed by atoms with Crippen molar-refractivity contribution in [1.29, 1.82) is 0 Å². The molecule has 1 N–H and O–H groups in total. The molecule has 2 rings (SSSR count). The van der Waals surface area contributed by atoms with Gasteiger partial charge in [0.2, 0.25) is 0 Å². The van der Waals surface area contributed by atoms with Gasteiger partial charge < -0.3 is 9.84 Å². The molecule has 2 aromatic rings. The van der Waals surface area contributed by atoms with Crippen molar-refractivity contribution >= 4 is 15.9 Å². The maximum Gasteiger partial charge on any atom is 0.138 e. The van der Waals surface area contributed by atoms with Crippen molar-refractivity contribution in [2.75, 3.05) is 0 Å². The average Bonchev–Trinajstić information content (AvgIpc) is 2.71. The largest absolute Gasteiger partial charge is 0.361 e. The highest BCUT2D eigenvalue weighted by molar-refractivity contribution is 9.10. The van der Waals surface area contributed by atoms with Gasteiger partial charge in [0.1, 0.15) is 11.6 Å². The summed E-state index contributed by atoms with van der Waals surface area (Å²) in [6.07, 6.45) is 0. The molecule has 108 valence electrons. The zero-order valence-electron chi connectivity index (χ0n) is 12.0. The molecule has 0 saturated heterocycles. The second-order valence-electron chi connectivity index (χ2n) is 5.01. The molecule has 0 spiro atoms. The molecule has 0 fully saturated rings. The number of rotatable bonds is 4. The third-order valence-corrected chi connectivity index (χ3v) is 3.94. The van der Waals surface area contributed by atoms with Gasteiger partial charge in [-0.3, -0.25) is 0 Å². The number of hydrogen-bond donors (Lipinski definition) is 1. The van der Waals surface area contributed by atoms with Gasteiger partial charge in [0.25, 0.3) is 0 Å². The Morgan fingerprint density at radius 1 is 1.25 bits per heavy atom. The lowest BCUT2D eigenvalue weighted by molar-refractivity contribution is 0.389. The standard InChI is InChI=1S/C15H18BrFN2O/c1-8(13-7-12(16)5-6-14(13)17)18-9(2)15-10(3)19-20-11(15)4/h5-9,18H,1-4H3/t8-,9-/m0/s1. The molecule has 1 aromatic carbocycles. The van der Waals surface area contributed by atoms with Gasteiger partial charge in [-0.15, -0.1) is 0 Å². The van der Waals surface area contributed by atoms with Crippen LogP contribution in [-0.4, -0.2) is 5.16 Å². The summed E-state index contributed by atoms with van der Waals surface area (Å²) in [5, 5.41) is 7.34. The van der Waals surface area contributed by atoms with E-state index in [1.807, 2.05) is 27.7 Å². The topological polar surface area (TPSA) is 38.1 Å². The van der Waals surface area contributed by atoms with Gasteiger partial charge in [-0.25, -0.2) is 4.39 Å². The Bertz CT molecular complexity index is 592. The monoisotopic (exact) mass is 340 g/mol. The van der Waals surface area contributed by atoms with Gasteiger partial charge in [0, 0.05) is 27.7 Å². The Labute approximate surface area is 126 Å². The molecule has 0 aliphatic heterocycles. The van der Waals surface area contributed by atoms with E-state index in [2.05, 4.69) is 26.4 Å². The van der Waals surface area contributed by atoms with Gasteiger partial charge >= 0.3 is 0 Å². The van der Waals surface area contributed by atoms with Gasteiger partial charge in [-0.05, 0) is 45.9 Å². The molecular weight excluding hydrogens is 323 g/mol. The van der Waals surface area contributed by atoms with Crippen molar-refractivity contribution in [2.24, 2.45) is 0 Å². The van der Waals surface area contributed by atoms with Crippen molar-refractivity contribution in [3.63, 3.8) is 0 Å². The molecule has 1 heterocycles. The van der Waals surface area contributed by atoms with Gasteiger partial charge in [-0.2, -0.15) is 0 Å². The molecule has 0 saturated carbocycles. The molecule has 0 bridgehead atoms. The number of hydrogen-bond acceptors (Lipinski definition) is 3. The molecule has 0 unspecified atom stereocenters. The fraction of sp³-hybridized carbons (Fsp3) is 0.400. The average molecular weight is 341 g/mol. The second-order valence-corrected chi connectivity index (χ2v) is 5.93. The second kappa shape index (κ2) is 6.06. The van der Waals surface area contributed by atoms with Crippen LogP contribution in [0.2, 0.25) is 0 Å². The summed E-state index contributed by atoms with van der Waals surface area (Å²) in [7, 11) is 0. The fourth-order valence-corrected chi connectivity index (χ4v) is 2.88. The highest BCUT2D eigenvalue weighted by Gasteiger charge is 2.20. The van der Waals surface area contributed by atoms with Crippen molar-refractivity contribution < 1.29 is 8.91 Å². The Morgan fingerprint density at radius 3 is 2.55 bits per heavy atom. The van der Waals surface area contributed by atoms with E-state index in [0.29, 0.717) is 5.56 Å². The van der Waals surface area contributed by atoms with Crippen molar-refractivity contribution in [1.82, 2.24) is 10.5 Å². The predicted molar refractivity (Wildman–Crippen MR) is 80.0 cm³/mol. The van der Waals surface area contributed by atoms with E-state index in [1.165, 1.54) is 6.07 Å². The smallest absolute Gasteiger partial charge is 0.138 e. The number of aromatic nitrogens is 1. The molecule has 0 radical (unpaired) electrons. The summed E-state index contributed by atoms with van der Waals surface area (Å²) >= 11 is 3.37. The van der Waals surface area contributed by atoms with Crippen LogP contribution in [0, 0.1) is 19.7 Å². The molecule has 20 heavy (non-hydrogen) atoms. The Balaban J connectivity index is 2.19. The van der Waals surface area contributed by atoms with E-state index >= 15 is 0 Å². The van der Waals surface area contributed by atoms with E-state index in [1.54, 1.807) is 12.1 Å². The first-order valence-electron chi connectivity index (χ1n) is 6.54. The molecule has 1 aromatic heterocycles. The van der Waals surface area contributed by atoms with Crippen molar-refractivity contribution in [3.05, 3.63) is 51.1 Å². The van der Waals surface area contributed by atoms with Gasteiger partial charge in [0.15, 0.2) is 0 Å². The van der Waals surface area contributed by atoms with Crippen LogP contribution in [0.4, 0.5) is 4.39 Å². The van der Waals surface area contributed by atoms with E-state index in [4.69, 9.17) is 4.52 Å². The predicted octanol–water partition coefficient (Wildman–Crippen LogP) is 4.60. The van der Waals surface area contributed by atoms with Crippen molar-refractivity contribution in [3.8, 4) is 0 Å². The van der Waals surface area contributed by atoms with Gasteiger partial charge in [-0.1, -0.05) is 21.1 Å². The minimum Gasteiger partial charge on any atom is -0.361 e. The van der Waals surface area contributed by atoms with Crippen LogP contribution in [0.1, 0.15) is 48.5 Å². The minimum atomic E-state index is -0.209. The van der Waals surface area contributed by atoms with Crippen molar-refractivity contribution in [2.45, 2.75) is 39.8 Å². The molecule has 0 aliphatic rings. The molecule has 5 heteroatoms. The number of halogens is 2. The van der Waals surface area contributed by atoms with Crippen LogP contribution >= 0.6 is 15.9 Å². The molecule has 0 amide bonds. The quantitative estimate of drug-likeness (QED) is 0.883. The highest BCUT2D eigenvalue weighted by atomic mass is 79.9. The van der Waals surface area contributed by atoms with E-state index in [9.17, 15) is 4.39 Å². The first-order chi connectivity index (χ1) is 9.40. The summed E-state index contributed by atoms with van der Waals surface area (Å²) in [5.41, 5.74) is 2.54. The highest BCUT2D eigenvalue weighted by Crippen LogP contribution is 2.26. The van der Waals surface area contributed by atoms with Crippen LogP contribution in [0.3, 0.4) is 0 Å². The third-order valence-electron chi connectivity index (χ3n) is 3.45. The van der Waals surface area contributed by atoms with E-state index in [-0.39, 0.29) is 17.9 Å². The van der Waals surface area contributed by atoms with Crippen LogP contribution in [0.5, 0.6) is 0 Å². The fourth-order valence-electron chi connectivity index (χ4n) is 2.50. The maximum atomic E-state index is 13.9. The van der Waals surface area contributed by atoms with Gasteiger partial charge in [0.05, 0.1) is 5.69 Å². The lowest BCUT2D eigenvalue weighted by Crippen LogP contribution is -2.24. The SMILES string of the molecule is Cc1noc(C)c1[C@H](C)N[C@@H](C)c1cc(Br)ccc1F. The first kappa shape index (κ1) is 15.2. The molecular formula is C15H18BrFN2O. The lowest BCUT2D eigenvalue weighted by atomic mass is 10.0. The van der Waals surface area contributed by atoms with E-state index in [0.717, 1.165) is 21.5 Å². The maximum absolute atomic E-state index is 13.9. The summed E-state index contributed by atoms with van der Waals surface area (Å²) < 4.78 is 19.9. The summed E-state index contributed by atoms with van der Waals surface area (Å²) in [6, 6.07) is 4.89. The normalized spacial score (nSPS) is 14.3. The summed E-state index contributed by atoms with van der Waals surface area (Å²) in [4.78, 5) is 0. The van der Waals surface area contributed by atoms with Crippen LogP contribution in [-0.2, 0) is 0 Å². The number of aryl methyl sites for hydroxylation is 2. The Hall–Kier alpha value is -1.20. The Kier molecular flexibility index (Phi) is 4.60. The molecule has 2 atom stereocenters. The van der Waals surface area contributed by atoms with Crippen LogP contribution in [0.15, 0.2) is 27.2 Å². The summed E-state index contributed by atoms with van der Waals surface area (Å²) in [5.74, 6) is 0.587. The Morgan fingerprint density at radius 2 is 1.95 bits per heavy atom. The van der Waals surface area contributed by atoms with Crippen LogP contribution < -0.4 is 5.32 Å². The first-order valence-corrected chi connectivity index (χ1v) is 7.33. The molecule has 0 aliphatic carbocycles. The lowest BCUT2D eigenvalue weighted by Gasteiger charge is -2.21. The zero-order valence-corrected chi connectivity index (χ0v) is 13.6. The number of nitrogens with zero attached hydrogens (tertiary/aromatic N) is 1. The molecule has 3 nitrogen and oxygen atoms in total. The van der Waals surface area contributed by atoms with E-state index < -0.39 is 0 Å². The third kappa shape index (κ3) is 3.10. The number of benzene rings is 1. The van der Waals surface area contributed by atoms with Crippen LogP contribution in [0.25, 0.3) is 0 Å². The number of nitrogens with one attached hydrogen (secondary N) is 1. The minimum absolute atomic E-state index is 0.0367.